The lowest BCUT2D eigenvalue weighted by atomic mass is 9.89. The molecule has 182 valence electrons. The molecule has 1 atom stereocenters. The van der Waals surface area contributed by atoms with E-state index in [2.05, 4.69) is 5.14 Å². The maximum atomic E-state index is 13.9. The van der Waals surface area contributed by atoms with Crippen LogP contribution in [0.2, 0.25) is 0 Å². The van der Waals surface area contributed by atoms with Gasteiger partial charge in [0.1, 0.15) is 0 Å². The lowest BCUT2D eigenvalue weighted by Gasteiger charge is -2.43. The van der Waals surface area contributed by atoms with Crippen molar-refractivity contribution in [1.29, 1.82) is 0 Å². The van der Waals surface area contributed by atoms with Gasteiger partial charge in [-0.1, -0.05) is 6.92 Å². The first kappa shape index (κ1) is 28.8. The van der Waals surface area contributed by atoms with Gasteiger partial charge in [0.25, 0.3) is 15.0 Å². The quantitative estimate of drug-likeness (QED) is 0.482. The van der Waals surface area contributed by atoms with Crippen LogP contribution in [0.25, 0.3) is 0 Å². The van der Waals surface area contributed by atoms with E-state index in [1.54, 1.807) is 0 Å². The Morgan fingerprint density at radius 2 is 0.767 bits per heavy atom. The Morgan fingerprint density at radius 1 is 0.533 bits per heavy atom. The number of sulfonamides is 1. The minimum absolute atomic E-state index is 0.100. The molecule has 0 fully saturated rings. The Balaban J connectivity index is 7.00. The van der Waals surface area contributed by atoms with Crippen LogP contribution in [0.3, 0.4) is 0 Å². The van der Waals surface area contributed by atoms with Gasteiger partial charge in [-0.05, 0) is 0 Å². The predicted octanol–water partition coefficient (Wildman–Crippen LogP) is 4.72. The van der Waals surface area contributed by atoms with Crippen molar-refractivity contribution in [1.82, 2.24) is 0 Å². The predicted molar refractivity (Wildman–Crippen MR) is 63.0 cm³/mol. The smallest absolute Gasteiger partial charge is 0.226 e. The molecule has 0 radical (unpaired) electrons. The van der Waals surface area contributed by atoms with Crippen LogP contribution >= 0.6 is 0 Å². The third kappa shape index (κ3) is 3.27. The summed E-state index contributed by atoms with van der Waals surface area (Å²) in [6.45, 7) is -0.100. The number of halogens is 16. The van der Waals surface area contributed by atoms with Gasteiger partial charge in [0.2, 0.25) is 0 Å². The van der Waals surface area contributed by atoms with Crippen LogP contribution in [0, 0.1) is 0 Å². The van der Waals surface area contributed by atoms with E-state index < -0.39 is 63.2 Å². The van der Waals surface area contributed by atoms with Crippen LogP contribution in [0.4, 0.5) is 70.2 Å². The number of nitrogens with two attached hydrogens (primary N) is 1. The minimum atomic E-state index is -8.65. The maximum absolute atomic E-state index is 13.9. The van der Waals surface area contributed by atoms with E-state index in [1.807, 2.05) is 0 Å². The highest BCUT2D eigenvalue weighted by Crippen LogP contribution is 2.64. The van der Waals surface area contributed by atoms with Crippen LogP contribution in [0.15, 0.2) is 0 Å². The van der Waals surface area contributed by atoms with E-state index in [0.717, 1.165) is 0 Å². The summed E-state index contributed by atoms with van der Waals surface area (Å²) in [6, 6.07) is 0. The van der Waals surface area contributed by atoms with Gasteiger partial charge >= 0.3 is 41.7 Å². The molecule has 20 heteroatoms. The molecule has 0 saturated carbocycles. The standard InChI is InChI=1S/C10H7F16NO2S/c1-2-3(11,30(27,28)29)4(12,13)5(14,15)6(16,17)7(18,19)8(20,21)9(22,23)10(24,25)26/h2H2,1H3,(H2,27,28,29). The molecule has 3 nitrogen and oxygen atoms in total. The van der Waals surface area contributed by atoms with Crippen LogP contribution in [0.5, 0.6) is 0 Å². The number of hydrogen-bond acceptors (Lipinski definition) is 2. The second-order valence-electron chi connectivity index (χ2n) is 5.57. The minimum Gasteiger partial charge on any atom is -0.226 e. The van der Waals surface area contributed by atoms with E-state index in [9.17, 15) is 78.7 Å². The molecule has 0 rings (SSSR count). The normalized spacial score (nSPS) is 18.3. The summed E-state index contributed by atoms with van der Waals surface area (Å²) in [5.41, 5.74) is 0. The highest BCUT2D eigenvalue weighted by molar-refractivity contribution is 7.90. The molecule has 1 unspecified atom stereocenters. The molecule has 0 aromatic carbocycles. The van der Waals surface area contributed by atoms with Crippen molar-refractivity contribution in [2.24, 2.45) is 5.14 Å². The van der Waals surface area contributed by atoms with Crippen LogP contribution in [0.1, 0.15) is 13.3 Å². The Hall–Kier alpha value is -1.21. The SMILES string of the molecule is CCC(F)(C(F)(F)C(F)(F)C(F)(F)C(F)(F)C(F)(F)C(F)(F)C(F)(F)F)S(N)(=O)=O. The van der Waals surface area contributed by atoms with Gasteiger partial charge in [-0.2, -0.15) is 65.9 Å². The topological polar surface area (TPSA) is 60.2 Å². The van der Waals surface area contributed by atoms with Gasteiger partial charge < -0.3 is 0 Å². The highest BCUT2D eigenvalue weighted by Gasteiger charge is 2.95. The molecule has 0 amide bonds. The Morgan fingerprint density at radius 3 is 0.967 bits per heavy atom. The first-order chi connectivity index (χ1) is 12.6. The fourth-order valence-electron chi connectivity index (χ4n) is 1.80. The maximum Gasteiger partial charge on any atom is 0.460 e. The number of hydrogen-bond donors (Lipinski definition) is 1. The molecule has 0 saturated heterocycles. The summed E-state index contributed by atoms with van der Waals surface area (Å²) in [6.07, 6.45) is -10.3. The van der Waals surface area contributed by atoms with E-state index in [4.69, 9.17) is 0 Å². The van der Waals surface area contributed by atoms with Gasteiger partial charge in [-0.25, -0.2) is 17.9 Å². The molecule has 0 heterocycles. The summed E-state index contributed by atoms with van der Waals surface area (Å²) in [5.74, 6) is -49.9. The first-order valence-corrected chi connectivity index (χ1v) is 8.15. The van der Waals surface area contributed by atoms with Crippen molar-refractivity contribution in [3.63, 3.8) is 0 Å². The fraction of sp³-hybridized carbons (Fsp3) is 1.00. The summed E-state index contributed by atoms with van der Waals surface area (Å²) in [5, 5.41) is -2.27. The Labute approximate surface area is 155 Å². The molecule has 0 aromatic rings. The first-order valence-electron chi connectivity index (χ1n) is 6.61. The zero-order valence-electron chi connectivity index (χ0n) is 13.6. The van der Waals surface area contributed by atoms with Gasteiger partial charge in [-0.3, -0.25) is 0 Å². The highest BCUT2D eigenvalue weighted by atomic mass is 32.2. The van der Waals surface area contributed by atoms with Crippen molar-refractivity contribution in [3.8, 4) is 0 Å². The summed E-state index contributed by atoms with van der Waals surface area (Å²) < 4.78 is 230. The molecule has 0 aliphatic heterocycles. The zero-order valence-corrected chi connectivity index (χ0v) is 14.4. The second-order valence-corrected chi connectivity index (χ2v) is 7.31. The van der Waals surface area contributed by atoms with E-state index >= 15 is 0 Å². The largest absolute Gasteiger partial charge is 0.460 e. The lowest BCUT2D eigenvalue weighted by Crippen LogP contribution is -2.75. The average Bonchev–Trinajstić information content (AvgIpc) is 2.50. The van der Waals surface area contributed by atoms with Crippen molar-refractivity contribution in [2.45, 2.75) is 60.1 Å². The Kier molecular flexibility index (Phi) is 6.62. The van der Waals surface area contributed by atoms with Crippen LogP contribution in [-0.4, -0.2) is 55.1 Å². The van der Waals surface area contributed by atoms with Crippen LogP contribution in [-0.2, 0) is 10.0 Å². The number of alkyl halides is 16. The fourth-order valence-corrected chi connectivity index (χ4v) is 2.69. The molecular formula is C10H7F16NO2S. The van der Waals surface area contributed by atoms with Gasteiger partial charge in [0.15, 0.2) is 0 Å². The Bertz CT molecular complexity index is 756. The molecule has 0 aromatic heterocycles. The molecule has 30 heavy (non-hydrogen) atoms. The molecule has 0 spiro atoms. The third-order valence-electron chi connectivity index (χ3n) is 3.70. The third-order valence-corrected chi connectivity index (χ3v) is 5.15. The van der Waals surface area contributed by atoms with Crippen LogP contribution < -0.4 is 5.14 Å². The molecule has 0 bridgehead atoms. The molecular weight excluding hydrogens is 502 g/mol. The van der Waals surface area contributed by atoms with Crippen molar-refractivity contribution in [3.05, 3.63) is 0 Å². The van der Waals surface area contributed by atoms with Gasteiger partial charge in [0, 0.05) is 6.42 Å². The van der Waals surface area contributed by atoms with Crippen molar-refractivity contribution >= 4 is 10.0 Å². The number of primary sulfonamides is 1. The van der Waals surface area contributed by atoms with Gasteiger partial charge in [-0.15, -0.1) is 0 Å². The second kappa shape index (κ2) is 6.89. The lowest BCUT2D eigenvalue weighted by molar-refractivity contribution is -0.455. The van der Waals surface area contributed by atoms with Crippen molar-refractivity contribution < 1.29 is 78.7 Å². The van der Waals surface area contributed by atoms with E-state index in [0.29, 0.717) is 0 Å². The summed E-state index contributed by atoms with van der Waals surface area (Å²) >= 11 is 0. The van der Waals surface area contributed by atoms with Gasteiger partial charge in [0.05, 0.1) is 0 Å². The zero-order chi connectivity index (χ0) is 25.2. The summed E-state index contributed by atoms with van der Waals surface area (Å²) in [4.78, 5) is 0. The van der Waals surface area contributed by atoms with E-state index in [1.165, 1.54) is 0 Å². The average molecular weight is 509 g/mol. The number of rotatable bonds is 8. The molecule has 2 N–H and O–H groups in total. The van der Waals surface area contributed by atoms with Crippen molar-refractivity contribution in [2.75, 3.05) is 0 Å². The van der Waals surface area contributed by atoms with E-state index in [-0.39, 0.29) is 6.92 Å². The molecule has 0 aliphatic rings. The monoisotopic (exact) mass is 509 g/mol. The summed E-state index contributed by atoms with van der Waals surface area (Å²) in [7, 11) is -6.74. The molecule has 0 aliphatic carbocycles.